The summed E-state index contributed by atoms with van der Waals surface area (Å²) in [6, 6.07) is 18.5. The number of rotatable bonds is 11. The lowest BCUT2D eigenvalue weighted by Gasteiger charge is -2.24. The van der Waals surface area contributed by atoms with Crippen molar-refractivity contribution < 1.29 is 29.7 Å². The molecule has 1 atom stereocenters. The highest BCUT2D eigenvalue weighted by Crippen LogP contribution is 2.19. The van der Waals surface area contributed by atoms with E-state index in [0.29, 0.717) is 0 Å². The van der Waals surface area contributed by atoms with Crippen molar-refractivity contribution in [3.63, 3.8) is 0 Å². The summed E-state index contributed by atoms with van der Waals surface area (Å²) in [5.41, 5.74) is 5.26. The predicted octanol–water partition coefficient (Wildman–Crippen LogP) is 0.391. The first-order chi connectivity index (χ1) is 16.4. The summed E-state index contributed by atoms with van der Waals surface area (Å²) in [4.78, 5) is 35.7. The zero-order valence-electron chi connectivity index (χ0n) is 18.1. The van der Waals surface area contributed by atoms with Crippen LogP contribution in [0.5, 0.6) is 0 Å². The molecule has 0 aliphatic rings. The molecule has 0 aliphatic carbocycles. The van der Waals surface area contributed by atoms with Gasteiger partial charge in [-0.2, -0.15) is 5.10 Å². The van der Waals surface area contributed by atoms with E-state index in [0.717, 1.165) is 16.7 Å². The number of aliphatic hydroxyl groups is 2. The van der Waals surface area contributed by atoms with E-state index in [4.69, 9.17) is 10.2 Å². The number of hydrogen-bond donors (Lipinski definition) is 6. The lowest BCUT2D eigenvalue weighted by molar-refractivity contribution is -0.148. The molecule has 0 unspecified atom stereocenters. The van der Waals surface area contributed by atoms with Crippen LogP contribution in [0.25, 0.3) is 11.1 Å². The number of carboxylic acid groups (broad SMARTS) is 1. The smallest absolute Gasteiger partial charge is 0.333 e. The number of aliphatic carboxylic acids is 1. The van der Waals surface area contributed by atoms with E-state index in [-0.39, 0.29) is 37.6 Å². The third-order valence-corrected chi connectivity index (χ3v) is 4.83. The lowest BCUT2D eigenvalue weighted by Crippen LogP contribution is -2.47. The Hall–Kier alpha value is -4.06. The zero-order valence-corrected chi connectivity index (χ0v) is 18.1. The molecule has 3 rings (SSSR count). The molecule has 0 aliphatic heterocycles. The number of benzene rings is 2. The van der Waals surface area contributed by atoms with Gasteiger partial charge in [-0.3, -0.25) is 20.1 Å². The summed E-state index contributed by atoms with van der Waals surface area (Å²) in [6.07, 6.45) is -1.73. The fourth-order valence-corrected chi connectivity index (χ4v) is 3.11. The van der Waals surface area contributed by atoms with Gasteiger partial charge in [0.2, 0.25) is 0 Å². The first kappa shape index (κ1) is 24.6. The molecule has 1 heterocycles. The van der Waals surface area contributed by atoms with E-state index in [1.807, 2.05) is 54.6 Å². The highest BCUT2D eigenvalue weighted by molar-refractivity contribution is 5.97. The van der Waals surface area contributed by atoms with Crippen LogP contribution in [-0.2, 0) is 11.3 Å². The molecule has 0 spiro atoms. The van der Waals surface area contributed by atoms with E-state index in [9.17, 15) is 19.5 Å². The van der Waals surface area contributed by atoms with E-state index >= 15 is 0 Å². The molecule has 34 heavy (non-hydrogen) atoms. The van der Waals surface area contributed by atoms with Crippen LogP contribution in [0.4, 0.5) is 0 Å². The number of hydrazine groups is 1. The van der Waals surface area contributed by atoms with Crippen LogP contribution in [-0.4, -0.2) is 74.1 Å². The van der Waals surface area contributed by atoms with E-state index in [1.165, 1.54) is 11.1 Å². The number of H-pyrrole nitrogens is 1. The first-order valence-electron chi connectivity index (χ1n) is 10.4. The minimum absolute atomic E-state index is 0.0385. The molecule has 178 valence electrons. The van der Waals surface area contributed by atoms with Gasteiger partial charge in [-0.05, 0) is 16.7 Å². The number of aromatic amines is 1. The van der Waals surface area contributed by atoms with Crippen molar-refractivity contribution in [3.05, 3.63) is 77.6 Å². The van der Waals surface area contributed by atoms with Gasteiger partial charge in [0.25, 0.3) is 11.8 Å². The molecule has 2 amide bonds. The molecule has 2 aromatic carbocycles. The average molecular weight is 467 g/mol. The molecule has 0 saturated heterocycles. The van der Waals surface area contributed by atoms with Gasteiger partial charge in [0.05, 0.1) is 13.2 Å². The standard InChI is InChI=1S/C23H25N5O6/c29-11-10-24-21(31)18-12-19(26-25-18)22(32)27-28(14-20(30)23(33)34)13-15-6-8-17(9-7-15)16-4-2-1-3-5-16/h1-9,12,20,29-30H,10-11,13-14H2,(H,24,31)(H,25,26)(H,27,32)(H,33,34)/t20-/m1/s1. The molecular formula is C23H25N5O6. The van der Waals surface area contributed by atoms with E-state index in [2.05, 4.69) is 20.9 Å². The Kier molecular flexibility index (Phi) is 8.46. The van der Waals surface area contributed by atoms with E-state index < -0.39 is 23.9 Å². The van der Waals surface area contributed by atoms with Crippen LogP contribution >= 0.6 is 0 Å². The summed E-state index contributed by atoms with van der Waals surface area (Å²) in [5.74, 6) is -2.67. The van der Waals surface area contributed by atoms with Crippen LogP contribution in [0.1, 0.15) is 26.5 Å². The van der Waals surface area contributed by atoms with Gasteiger partial charge >= 0.3 is 5.97 Å². The molecular weight excluding hydrogens is 442 g/mol. The number of amides is 2. The van der Waals surface area contributed by atoms with Crippen molar-refractivity contribution >= 4 is 17.8 Å². The zero-order chi connectivity index (χ0) is 24.5. The second kappa shape index (κ2) is 11.7. The van der Waals surface area contributed by atoms with Crippen molar-refractivity contribution in [2.45, 2.75) is 12.6 Å². The molecule has 0 saturated carbocycles. The Balaban J connectivity index is 1.71. The van der Waals surface area contributed by atoms with Crippen LogP contribution in [0, 0.1) is 0 Å². The largest absolute Gasteiger partial charge is 0.479 e. The van der Waals surface area contributed by atoms with Gasteiger partial charge in [0, 0.05) is 19.2 Å². The van der Waals surface area contributed by atoms with Gasteiger partial charge in [-0.15, -0.1) is 0 Å². The van der Waals surface area contributed by atoms with Gasteiger partial charge in [0.15, 0.2) is 11.8 Å². The van der Waals surface area contributed by atoms with Gasteiger partial charge in [-0.25, -0.2) is 9.80 Å². The minimum Gasteiger partial charge on any atom is -0.479 e. The third kappa shape index (κ3) is 6.72. The summed E-state index contributed by atoms with van der Waals surface area (Å²) < 4.78 is 0. The molecule has 0 fully saturated rings. The molecule has 3 aromatic rings. The fourth-order valence-electron chi connectivity index (χ4n) is 3.11. The molecule has 11 nitrogen and oxygen atoms in total. The Labute approximate surface area is 195 Å². The third-order valence-electron chi connectivity index (χ3n) is 4.83. The maximum atomic E-state index is 12.7. The minimum atomic E-state index is -1.73. The molecule has 0 radical (unpaired) electrons. The molecule has 0 bridgehead atoms. The van der Waals surface area contributed by atoms with Crippen LogP contribution in [0.2, 0.25) is 0 Å². The van der Waals surface area contributed by atoms with Crippen LogP contribution in [0.3, 0.4) is 0 Å². The van der Waals surface area contributed by atoms with Gasteiger partial charge in [-0.1, -0.05) is 54.6 Å². The molecule has 11 heteroatoms. The maximum Gasteiger partial charge on any atom is 0.333 e. The average Bonchev–Trinajstić information content (AvgIpc) is 3.34. The molecule has 6 N–H and O–H groups in total. The second-order valence-corrected chi connectivity index (χ2v) is 7.38. The summed E-state index contributed by atoms with van der Waals surface area (Å²) >= 11 is 0. The summed E-state index contributed by atoms with van der Waals surface area (Å²) in [5, 5.41) is 37.6. The quantitative estimate of drug-likeness (QED) is 0.220. The normalized spacial score (nSPS) is 11.7. The van der Waals surface area contributed by atoms with Crippen LogP contribution in [0.15, 0.2) is 60.7 Å². The highest BCUT2D eigenvalue weighted by atomic mass is 16.4. The lowest BCUT2D eigenvalue weighted by atomic mass is 10.0. The first-order valence-corrected chi connectivity index (χ1v) is 10.4. The second-order valence-electron chi connectivity index (χ2n) is 7.38. The Morgan fingerprint density at radius 2 is 1.68 bits per heavy atom. The Bertz CT molecular complexity index is 1120. The van der Waals surface area contributed by atoms with Crippen molar-refractivity contribution in [2.24, 2.45) is 0 Å². The van der Waals surface area contributed by atoms with Crippen molar-refractivity contribution in [2.75, 3.05) is 19.7 Å². The molecule has 1 aromatic heterocycles. The van der Waals surface area contributed by atoms with E-state index in [1.54, 1.807) is 0 Å². The maximum absolute atomic E-state index is 12.7. The van der Waals surface area contributed by atoms with Gasteiger partial charge < -0.3 is 20.6 Å². The van der Waals surface area contributed by atoms with Crippen LogP contribution < -0.4 is 10.7 Å². The number of carboxylic acids is 1. The number of carbonyl (C=O) groups excluding carboxylic acids is 2. The number of nitrogens with one attached hydrogen (secondary N) is 3. The topological polar surface area (TPSA) is 168 Å². The predicted molar refractivity (Wildman–Crippen MR) is 121 cm³/mol. The van der Waals surface area contributed by atoms with Crippen molar-refractivity contribution in [1.29, 1.82) is 0 Å². The summed E-state index contributed by atoms with van der Waals surface area (Å²) in [6.45, 7) is -0.462. The van der Waals surface area contributed by atoms with Gasteiger partial charge in [0.1, 0.15) is 5.69 Å². The Morgan fingerprint density at radius 3 is 2.32 bits per heavy atom. The number of nitrogens with zero attached hydrogens (tertiary/aromatic N) is 2. The Morgan fingerprint density at radius 1 is 1.00 bits per heavy atom. The monoisotopic (exact) mass is 467 g/mol. The number of aromatic nitrogens is 2. The number of hydrogen-bond acceptors (Lipinski definition) is 7. The number of aliphatic hydroxyl groups excluding tert-OH is 2. The van der Waals surface area contributed by atoms with Crippen molar-refractivity contribution in [3.8, 4) is 11.1 Å². The number of carbonyl (C=O) groups is 3. The summed E-state index contributed by atoms with van der Waals surface area (Å²) in [7, 11) is 0. The SMILES string of the molecule is O=C(NCCO)c1cc(C(=O)NN(Cc2ccc(-c3ccccc3)cc2)C[C@@H](O)C(=O)O)[nH]n1. The van der Waals surface area contributed by atoms with Crippen molar-refractivity contribution in [1.82, 2.24) is 25.9 Å². The highest BCUT2D eigenvalue weighted by Gasteiger charge is 2.22. The fraction of sp³-hybridized carbons (Fsp3) is 0.217.